The molecule has 4 aromatic rings. The summed E-state index contributed by atoms with van der Waals surface area (Å²) in [6, 6.07) is 11.7. The van der Waals surface area contributed by atoms with Gasteiger partial charge in [0.2, 0.25) is 5.95 Å². The number of nitrogens with zero attached hydrogens (tertiary/aromatic N) is 3. The van der Waals surface area contributed by atoms with E-state index in [9.17, 15) is 9.18 Å². The number of aromatic amines is 1. The molecular weight excluding hydrogens is 483 g/mol. The van der Waals surface area contributed by atoms with Gasteiger partial charge in [-0.15, -0.1) is 11.3 Å². The third-order valence-electron chi connectivity index (χ3n) is 5.71. The molecule has 3 aromatic heterocycles. The molecule has 1 saturated heterocycles. The number of thiophene rings is 1. The first-order valence-corrected chi connectivity index (χ1v) is 12.3. The second kappa shape index (κ2) is 10.1. The van der Waals surface area contributed by atoms with E-state index >= 15 is 0 Å². The Kier molecular flexibility index (Phi) is 6.77. The molecule has 9 nitrogen and oxygen atoms in total. The highest BCUT2D eigenvalue weighted by Crippen LogP contribution is 2.37. The van der Waals surface area contributed by atoms with Crippen molar-refractivity contribution in [3.63, 3.8) is 0 Å². The van der Waals surface area contributed by atoms with Gasteiger partial charge in [0.25, 0.3) is 5.91 Å². The van der Waals surface area contributed by atoms with Crippen LogP contribution in [0.25, 0.3) is 22.6 Å². The SMILES string of the molecule is CNC(=O)C1(c2nc(-c3ccc(F)cc3)c(-c3ccnc(NCc4cccs4)n3)[nH]2)OCC(C)CO1. The van der Waals surface area contributed by atoms with Gasteiger partial charge in [-0.1, -0.05) is 13.0 Å². The van der Waals surface area contributed by atoms with Gasteiger partial charge in [-0.25, -0.2) is 19.3 Å². The molecule has 0 bridgehead atoms. The smallest absolute Gasteiger partial charge is 0.310 e. The number of ether oxygens (including phenoxy) is 2. The molecule has 1 aromatic carbocycles. The van der Waals surface area contributed by atoms with Crippen molar-refractivity contribution in [2.45, 2.75) is 19.3 Å². The lowest BCUT2D eigenvalue weighted by Gasteiger charge is -2.36. The number of anilines is 1. The molecule has 1 amide bonds. The van der Waals surface area contributed by atoms with E-state index in [1.807, 2.05) is 24.4 Å². The Balaban J connectivity index is 1.58. The number of imidazole rings is 1. The van der Waals surface area contributed by atoms with Crippen LogP contribution >= 0.6 is 11.3 Å². The Labute approximate surface area is 211 Å². The quantitative estimate of drug-likeness (QED) is 0.347. The standard InChI is InChI=1S/C25H25FN6O3S/c1-15-13-34-25(35-14-15,23(33)27-2)22-31-20(16-5-7-17(26)8-6-16)21(32-22)19-9-10-28-24(30-19)29-12-18-4-3-11-36-18/h3-11,15H,12-14H2,1-2H3,(H,27,33)(H,31,32)(H,28,29,30). The number of carbonyl (C=O) groups excluding carboxylic acids is 1. The summed E-state index contributed by atoms with van der Waals surface area (Å²) in [5.74, 6) is -1.87. The van der Waals surface area contributed by atoms with E-state index in [0.29, 0.717) is 48.4 Å². The van der Waals surface area contributed by atoms with Crippen LogP contribution in [-0.2, 0) is 26.6 Å². The molecule has 1 aliphatic heterocycles. The summed E-state index contributed by atoms with van der Waals surface area (Å²) in [7, 11) is 1.51. The number of amides is 1. The molecule has 0 spiro atoms. The first kappa shape index (κ1) is 24.0. The number of H-pyrrole nitrogens is 1. The number of aromatic nitrogens is 4. The highest BCUT2D eigenvalue weighted by Gasteiger charge is 2.49. The molecular formula is C25H25FN6O3S. The minimum atomic E-state index is -1.75. The normalized spacial score (nSPS) is 19.7. The lowest BCUT2D eigenvalue weighted by molar-refractivity contribution is -0.277. The topological polar surface area (TPSA) is 114 Å². The van der Waals surface area contributed by atoms with Crippen molar-refractivity contribution in [3.05, 3.63) is 70.6 Å². The van der Waals surface area contributed by atoms with Crippen molar-refractivity contribution < 1.29 is 18.7 Å². The van der Waals surface area contributed by atoms with Crippen molar-refractivity contribution in [1.29, 1.82) is 0 Å². The summed E-state index contributed by atoms with van der Waals surface area (Å²) >= 11 is 1.64. The van der Waals surface area contributed by atoms with Crippen molar-refractivity contribution in [1.82, 2.24) is 25.3 Å². The van der Waals surface area contributed by atoms with E-state index in [1.165, 1.54) is 19.2 Å². The predicted molar refractivity (Wildman–Crippen MR) is 133 cm³/mol. The fourth-order valence-electron chi connectivity index (χ4n) is 3.84. The summed E-state index contributed by atoms with van der Waals surface area (Å²) < 4.78 is 25.6. The fourth-order valence-corrected chi connectivity index (χ4v) is 4.49. The maximum Gasteiger partial charge on any atom is 0.310 e. The van der Waals surface area contributed by atoms with E-state index < -0.39 is 11.7 Å². The summed E-state index contributed by atoms with van der Waals surface area (Å²) in [6.45, 7) is 3.19. The maximum atomic E-state index is 13.7. The molecule has 1 fully saturated rings. The molecule has 0 saturated carbocycles. The summed E-state index contributed by atoms with van der Waals surface area (Å²) in [5.41, 5.74) is 2.17. The van der Waals surface area contributed by atoms with Gasteiger partial charge in [0.05, 0.1) is 36.8 Å². The first-order chi connectivity index (χ1) is 17.5. The van der Waals surface area contributed by atoms with Crippen molar-refractivity contribution >= 4 is 23.2 Å². The number of nitrogens with one attached hydrogen (secondary N) is 3. The molecule has 36 heavy (non-hydrogen) atoms. The third-order valence-corrected chi connectivity index (χ3v) is 6.59. The van der Waals surface area contributed by atoms with E-state index in [2.05, 4.69) is 25.6 Å². The molecule has 0 radical (unpaired) electrons. The number of rotatable bonds is 7. The molecule has 1 aliphatic rings. The largest absolute Gasteiger partial charge is 0.354 e. The van der Waals surface area contributed by atoms with Gasteiger partial charge in [0.1, 0.15) is 5.82 Å². The molecule has 4 heterocycles. The zero-order valence-corrected chi connectivity index (χ0v) is 20.6. The van der Waals surface area contributed by atoms with Gasteiger partial charge in [-0.05, 0) is 41.8 Å². The van der Waals surface area contributed by atoms with Crippen molar-refractivity contribution in [3.8, 4) is 22.6 Å². The number of hydrogen-bond donors (Lipinski definition) is 3. The predicted octanol–water partition coefficient (Wildman–Crippen LogP) is 3.93. The minimum Gasteiger partial charge on any atom is -0.354 e. The van der Waals surface area contributed by atoms with Crippen LogP contribution in [0, 0.1) is 11.7 Å². The molecule has 186 valence electrons. The minimum absolute atomic E-state index is 0.118. The lowest BCUT2D eigenvalue weighted by atomic mass is 10.1. The zero-order valence-electron chi connectivity index (χ0n) is 19.7. The van der Waals surface area contributed by atoms with E-state index in [-0.39, 0.29) is 17.6 Å². The fraction of sp³-hybridized carbons (Fsp3) is 0.280. The van der Waals surface area contributed by atoms with Crippen LogP contribution in [0.5, 0.6) is 0 Å². The molecule has 0 unspecified atom stereocenters. The first-order valence-electron chi connectivity index (χ1n) is 11.4. The zero-order chi connectivity index (χ0) is 25.1. The summed E-state index contributed by atoms with van der Waals surface area (Å²) in [5, 5.41) is 7.84. The highest BCUT2D eigenvalue weighted by atomic mass is 32.1. The van der Waals surface area contributed by atoms with Crippen LogP contribution in [-0.4, -0.2) is 46.1 Å². The average molecular weight is 509 g/mol. The monoisotopic (exact) mass is 508 g/mol. The lowest BCUT2D eigenvalue weighted by Crippen LogP contribution is -2.52. The average Bonchev–Trinajstić information content (AvgIpc) is 3.59. The van der Waals surface area contributed by atoms with Crippen LogP contribution in [0.2, 0.25) is 0 Å². The maximum absolute atomic E-state index is 13.7. The van der Waals surface area contributed by atoms with Gasteiger partial charge in [0, 0.05) is 29.6 Å². The van der Waals surface area contributed by atoms with Gasteiger partial charge in [-0.2, -0.15) is 0 Å². The van der Waals surface area contributed by atoms with Gasteiger partial charge in [0.15, 0.2) is 5.82 Å². The Morgan fingerprint density at radius 2 is 1.97 bits per heavy atom. The Morgan fingerprint density at radius 1 is 1.19 bits per heavy atom. The molecule has 0 atom stereocenters. The number of likely N-dealkylation sites (N-methyl/N-ethyl adjacent to an activating group) is 1. The third kappa shape index (κ3) is 4.72. The second-order valence-corrected chi connectivity index (χ2v) is 9.47. The number of halogens is 1. The highest BCUT2D eigenvalue weighted by molar-refractivity contribution is 7.09. The Bertz CT molecular complexity index is 1330. The molecule has 5 rings (SSSR count). The van der Waals surface area contributed by atoms with E-state index in [4.69, 9.17) is 14.5 Å². The van der Waals surface area contributed by atoms with Crippen LogP contribution in [0.1, 0.15) is 17.6 Å². The molecule has 11 heteroatoms. The van der Waals surface area contributed by atoms with Crippen LogP contribution in [0.3, 0.4) is 0 Å². The molecule has 3 N–H and O–H groups in total. The van der Waals surface area contributed by atoms with Gasteiger partial charge >= 0.3 is 5.79 Å². The van der Waals surface area contributed by atoms with E-state index in [0.717, 1.165) is 4.88 Å². The van der Waals surface area contributed by atoms with Gasteiger partial charge in [-0.3, -0.25) is 4.79 Å². The van der Waals surface area contributed by atoms with Crippen LogP contribution < -0.4 is 10.6 Å². The molecule has 0 aliphatic carbocycles. The van der Waals surface area contributed by atoms with Crippen molar-refractivity contribution in [2.75, 3.05) is 25.6 Å². The number of benzene rings is 1. The Morgan fingerprint density at radius 3 is 2.67 bits per heavy atom. The Hall–Kier alpha value is -3.67. The number of hydrogen-bond acceptors (Lipinski definition) is 8. The van der Waals surface area contributed by atoms with Gasteiger partial charge < -0.3 is 25.1 Å². The summed E-state index contributed by atoms with van der Waals surface area (Å²) in [4.78, 5) is 31.1. The van der Waals surface area contributed by atoms with Crippen LogP contribution in [0.15, 0.2) is 54.0 Å². The van der Waals surface area contributed by atoms with E-state index in [1.54, 1.807) is 35.7 Å². The number of carbonyl (C=O) groups is 1. The second-order valence-electron chi connectivity index (χ2n) is 8.44. The van der Waals surface area contributed by atoms with Crippen LogP contribution in [0.4, 0.5) is 10.3 Å². The summed E-state index contributed by atoms with van der Waals surface area (Å²) in [6.07, 6.45) is 1.64. The van der Waals surface area contributed by atoms with Crippen molar-refractivity contribution in [2.24, 2.45) is 5.92 Å².